The van der Waals surface area contributed by atoms with Gasteiger partial charge < -0.3 is 14.0 Å². The van der Waals surface area contributed by atoms with Crippen molar-refractivity contribution in [1.82, 2.24) is 0 Å². The van der Waals surface area contributed by atoms with Crippen LogP contribution in [0, 0.1) is 0 Å². The van der Waals surface area contributed by atoms with Gasteiger partial charge in [-0.05, 0) is 44.8 Å². The monoisotopic (exact) mass is 288 g/mol. The second kappa shape index (κ2) is 5.66. The molecule has 1 aliphatic heterocycles. The summed E-state index contributed by atoms with van der Waals surface area (Å²) in [6.45, 7) is 8.09. The molecule has 0 saturated carbocycles. The molecule has 1 fully saturated rings. The zero-order chi connectivity index (χ0) is 15.7. The summed E-state index contributed by atoms with van der Waals surface area (Å²) in [4.78, 5) is 11.1. The highest BCUT2D eigenvalue weighted by Crippen LogP contribution is 2.36. The Labute approximate surface area is 126 Å². The quantitative estimate of drug-likeness (QED) is 0.486. The van der Waals surface area contributed by atoms with Crippen LogP contribution in [0.2, 0.25) is 0 Å². The minimum absolute atomic E-state index is 0.366. The molecule has 0 spiro atoms. The van der Waals surface area contributed by atoms with E-state index in [2.05, 4.69) is 4.74 Å². The summed E-state index contributed by atoms with van der Waals surface area (Å²) in [7, 11) is 0.953. The Hall–Kier alpha value is -1.59. The van der Waals surface area contributed by atoms with Crippen LogP contribution in [-0.2, 0) is 18.8 Å². The lowest BCUT2D eigenvalue weighted by atomic mass is 9.78. The second-order valence-corrected chi connectivity index (χ2v) is 6.11. The fraction of sp³-hybridized carbons (Fsp3) is 0.438. The molecule has 0 unspecified atom stereocenters. The van der Waals surface area contributed by atoms with Gasteiger partial charge in [0, 0.05) is 6.08 Å². The predicted octanol–water partition coefficient (Wildman–Crippen LogP) is 2.17. The fourth-order valence-corrected chi connectivity index (χ4v) is 2.02. The summed E-state index contributed by atoms with van der Waals surface area (Å²) < 4.78 is 16.6. The topological polar surface area (TPSA) is 44.8 Å². The van der Waals surface area contributed by atoms with E-state index in [1.165, 1.54) is 13.2 Å². The van der Waals surface area contributed by atoms with Gasteiger partial charge >= 0.3 is 13.1 Å². The minimum Gasteiger partial charge on any atom is -0.466 e. The third-order valence-corrected chi connectivity index (χ3v) is 4.05. The number of benzene rings is 1. The maximum Gasteiger partial charge on any atom is 0.494 e. The maximum atomic E-state index is 11.1. The zero-order valence-corrected chi connectivity index (χ0v) is 13.2. The SMILES string of the molecule is COC(=O)C=Cc1cccc(B2OC(C)(C)C(C)(C)O2)c1. The molecule has 1 heterocycles. The highest BCUT2D eigenvalue weighted by Gasteiger charge is 2.51. The van der Waals surface area contributed by atoms with Gasteiger partial charge in [-0.15, -0.1) is 0 Å². The number of carbonyl (C=O) groups excluding carboxylic acids is 1. The van der Waals surface area contributed by atoms with Gasteiger partial charge in [-0.25, -0.2) is 4.79 Å². The van der Waals surface area contributed by atoms with Crippen molar-refractivity contribution in [3.8, 4) is 0 Å². The maximum absolute atomic E-state index is 11.1. The smallest absolute Gasteiger partial charge is 0.466 e. The first-order chi connectivity index (χ1) is 9.75. The molecule has 1 aliphatic rings. The molecule has 0 bridgehead atoms. The van der Waals surface area contributed by atoms with Crippen molar-refractivity contribution in [2.75, 3.05) is 7.11 Å². The second-order valence-electron chi connectivity index (χ2n) is 6.11. The van der Waals surface area contributed by atoms with E-state index < -0.39 is 7.12 Å². The molecule has 0 N–H and O–H groups in total. The Bertz CT molecular complexity index is 547. The van der Waals surface area contributed by atoms with Crippen LogP contribution in [0.3, 0.4) is 0 Å². The number of methoxy groups -OCH3 is 1. The van der Waals surface area contributed by atoms with Crippen molar-refractivity contribution >= 4 is 24.6 Å². The minimum atomic E-state index is -0.401. The van der Waals surface area contributed by atoms with Gasteiger partial charge in [0.25, 0.3) is 0 Å². The Balaban J connectivity index is 2.19. The Morgan fingerprint density at radius 2 is 1.81 bits per heavy atom. The Kier molecular flexibility index (Phi) is 4.26. The molecule has 21 heavy (non-hydrogen) atoms. The summed E-state index contributed by atoms with van der Waals surface area (Å²) in [6, 6.07) is 7.73. The number of ether oxygens (including phenoxy) is 1. The van der Waals surface area contributed by atoms with E-state index in [1.807, 2.05) is 52.0 Å². The lowest BCUT2D eigenvalue weighted by Gasteiger charge is -2.32. The van der Waals surface area contributed by atoms with E-state index in [0.717, 1.165) is 11.0 Å². The summed E-state index contributed by atoms with van der Waals surface area (Å²) in [6.07, 6.45) is 3.10. The summed E-state index contributed by atoms with van der Waals surface area (Å²) in [5, 5.41) is 0. The molecule has 0 radical (unpaired) electrons. The van der Waals surface area contributed by atoms with Gasteiger partial charge in [-0.2, -0.15) is 0 Å². The molecule has 4 nitrogen and oxygen atoms in total. The van der Waals surface area contributed by atoms with Crippen LogP contribution < -0.4 is 5.46 Å². The molecule has 2 rings (SSSR count). The van der Waals surface area contributed by atoms with E-state index in [-0.39, 0.29) is 17.2 Å². The van der Waals surface area contributed by atoms with E-state index in [1.54, 1.807) is 6.08 Å². The van der Waals surface area contributed by atoms with Gasteiger partial charge in [-0.1, -0.05) is 24.3 Å². The normalized spacial score (nSPS) is 20.0. The average Bonchev–Trinajstić information content (AvgIpc) is 2.65. The molecular formula is C16H21BO4. The Morgan fingerprint density at radius 1 is 1.19 bits per heavy atom. The lowest BCUT2D eigenvalue weighted by Crippen LogP contribution is -2.41. The standard InChI is InChI=1S/C16H21BO4/c1-15(2)16(3,4)21-17(20-15)13-8-6-7-12(11-13)9-10-14(18)19-5/h6-11H,1-5H3. The first-order valence-electron chi connectivity index (χ1n) is 6.97. The molecule has 1 saturated heterocycles. The van der Waals surface area contributed by atoms with Crippen LogP contribution in [0.5, 0.6) is 0 Å². The van der Waals surface area contributed by atoms with E-state index in [0.29, 0.717) is 0 Å². The van der Waals surface area contributed by atoms with Crippen molar-refractivity contribution in [3.63, 3.8) is 0 Å². The van der Waals surface area contributed by atoms with E-state index in [4.69, 9.17) is 9.31 Å². The third-order valence-electron chi connectivity index (χ3n) is 4.05. The van der Waals surface area contributed by atoms with Crippen LogP contribution in [0.1, 0.15) is 33.3 Å². The van der Waals surface area contributed by atoms with Crippen molar-refractivity contribution < 1.29 is 18.8 Å². The molecule has 0 aliphatic carbocycles. The molecule has 112 valence electrons. The zero-order valence-electron chi connectivity index (χ0n) is 13.2. The van der Waals surface area contributed by atoms with Crippen LogP contribution in [-0.4, -0.2) is 31.4 Å². The first kappa shape index (κ1) is 15.8. The van der Waals surface area contributed by atoms with Crippen LogP contribution in [0.15, 0.2) is 30.3 Å². The first-order valence-corrected chi connectivity index (χ1v) is 6.97. The molecule has 0 aromatic heterocycles. The molecule has 1 aromatic carbocycles. The summed E-state index contributed by atoms with van der Waals surface area (Å²) in [5.41, 5.74) is 1.10. The average molecular weight is 288 g/mol. The highest BCUT2D eigenvalue weighted by molar-refractivity contribution is 6.62. The predicted molar refractivity (Wildman–Crippen MR) is 83.2 cm³/mol. The highest BCUT2D eigenvalue weighted by atomic mass is 16.7. The van der Waals surface area contributed by atoms with E-state index >= 15 is 0 Å². The van der Waals surface area contributed by atoms with Gasteiger partial charge in [0.1, 0.15) is 0 Å². The van der Waals surface area contributed by atoms with E-state index in [9.17, 15) is 4.79 Å². The van der Waals surface area contributed by atoms with Crippen molar-refractivity contribution in [2.24, 2.45) is 0 Å². The summed E-state index contributed by atoms with van der Waals surface area (Å²) >= 11 is 0. The number of carbonyl (C=O) groups is 1. The van der Waals surface area contributed by atoms with Gasteiger partial charge in [0.2, 0.25) is 0 Å². The molecule has 0 amide bonds. The van der Waals surface area contributed by atoms with Gasteiger partial charge in [-0.3, -0.25) is 0 Å². The van der Waals surface area contributed by atoms with Crippen molar-refractivity contribution in [2.45, 2.75) is 38.9 Å². The fourth-order valence-electron chi connectivity index (χ4n) is 2.02. The molecule has 1 aromatic rings. The van der Waals surface area contributed by atoms with Crippen LogP contribution in [0.4, 0.5) is 0 Å². The largest absolute Gasteiger partial charge is 0.494 e. The number of esters is 1. The van der Waals surface area contributed by atoms with Gasteiger partial charge in [0.05, 0.1) is 18.3 Å². The van der Waals surface area contributed by atoms with Crippen LogP contribution in [0.25, 0.3) is 6.08 Å². The third kappa shape index (κ3) is 3.36. The molecule has 5 heteroatoms. The number of hydrogen-bond donors (Lipinski definition) is 0. The lowest BCUT2D eigenvalue weighted by molar-refractivity contribution is -0.134. The number of hydrogen-bond acceptors (Lipinski definition) is 4. The molecular weight excluding hydrogens is 267 g/mol. The van der Waals surface area contributed by atoms with Gasteiger partial charge in [0.15, 0.2) is 0 Å². The Morgan fingerprint density at radius 3 is 2.38 bits per heavy atom. The van der Waals surface area contributed by atoms with Crippen molar-refractivity contribution in [3.05, 3.63) is 35.9 Å². The van der Waals surface area contributed by atoms with Crippen LogP contribution >= 0.6 is 0 Å². The molecule has 0 atom stereocenters. The number of rotatable bonds is 3. The summed E-state index contributed by atoms with van der Waals surface area (Å²) in [5.74, 6) is -0.379. The van der Waals surface area contributed by atoms with Crippen molar-refractivity contribution in [1.29, 1.82) is 0 Å².